The number of aromatic nitrogens is 4. The summed E-state index contributed by atoms with van der Waals surface area (Å²) in [5.41, 5.74) is 6.57. The molecule has 4 aromatic heterocycles. The minimum Gasteiger partial charge on any atom is -0.337 e. The Morgan fingerprint density at radius 1 is 1.35 bits per heavy atom. The number of nitrogens with zero attached hydrogens (tertiary/aromatic N) is 4. The molecule has 0 amide bonds. The van der Waals surface area contributed by atoms with Crippen molar-refractivity contribution >= 4 is 32.9 Å². The molecule has 1 aliphatic rings. The fraction of sp³-hybridized carbons (Fsp3) is 0.294. The van der Waals surface area contributed by atoms with E-state index in [0.717, 1.165) is 34.5 Å². The molecule has 9 heteroatoms. The molecule has 132 valence electrons. The lowest BCUT2D eigenvalue weighted by molar-refractivity contribution is 0.228. The Bertz CT molecular complexity index is 1140. The molecule has 0 bridgehead atoms. The Kier molecular flexibility index (Phi) is 3.56. The van der Waals surface area contributed by atoms with Crippen molar-refractivity contribution in [3.63, 3.8) is 0 Å². The fourth-order valence-corrected chi connectivity index (χ4v) is 4.86. The van der Waals surface area contributed by atoms with E-state index in [4.69, 9.17) is 10.3 Å². The van der Waals surface area contributed by atoms with E-state index in [-0.39, 0.29) is 12.1 Å². The number of rotatable bonds is 4. The molecule has 4 heterocycles. The highest BCUT2D eigenvalue weighted by atomic mass is 32.1. The summed E-state index contributed by atoms with van der Waals surface area (Å²) in [4.78, 5) is 23.6. The predicted molar refractivity (Wildman–Crippen MR) is 100 cm³/mol. The molecular formula is C17H15N5O2S2. The fourth-order valence-electron chi connectivity index (χ4n) is 3.14. The topological polar surface area (TPSA) is 99.8 Å². The standard InChI is InChI=1S/C17H15N5O2S2/c18-17(4-2-5-17)16-20-12(24-21-16)7-22-9-19-14-13(15(22)23)10(8-26-14)11-3-1-6-25-11/h1,3,6,8-9H,2,4-5,7,18H2. The van der Waals surface area contributed by atoms with Crippen molar-refractivity contribution in [1.29, 1.82) is 0 Å². The Hall–Kier alpha value is -2.36. The van der Waals surface area contributed by atoms with Gasteiger partial charge in [-0.2, -0.15) is 4.98 Å². The smallest absolute Gasteiger partial charge is 0.263 e. The van der Waals surface area contributed by atoms with Gasteiger partial charge in [0.1, 0.15) is 11.4 Å². The third-order valence-electron chi connectivity index (χ3n) is 4.81. The van der Waals surface area contributed by atoms with Gasteiger partial charge >= 0.3 is 0 Å². The average Bonchev–Trinajstić information content (AvgIpc) is 3.35. The van der Waals surface area contributed by atoms with Gasteiger partial charge in [0.2, 0.25) is 5.89 Å². The maximum atomic E-state index is 13.0. The van der Waals surface area contributed by atoms with Crippen LogP contribution in [0, 0.1) is 0 Å². The van der Waals surface area contributed by atoms with Crippen LogP contribution in [0.15, 0.2) is 38.5 Å². The van der Waals surface area contributed by atoms with Gasteiger partial charge in [-0.15, -0.1) is 22.7 Å². The summed E-state index contributed by atoms with van der Waals surface area (Å²) < 4.78 is 6.83. The molecule has 0 saturated heterocycles. The molecule has 2 N–H and O–H groups in total. The first-order chi connectivity index (χ1) is 12.6. The zero-order valence-electron chi connectivity index (χ0n) is 13.7. The van der Waals surface area contributed by atoms with Crippen molar-refractivity contribution in [2.24, 2.45) is 5.73 Å². The molecule has 0 unspecified atom stereocenters. The van der Waals surface area contributed by atoms with Gasteiger partial charge in [0, 0.05) is 15.8 Å². The molecule has 1 aliphatic carbocycles. The van der Waals surface area contributed by atoms with Gasteiger partial charge in [-0.3, -0.25) is 9.36 Å². The van der Waals surface area contributed by atoms with Gasteiger partial charge in [-0.05, 0) is 30.7 Å². The summed E-state index contributed by atoms with van der Waals surface area (Å²) >= 11 is 3.08. The molecule has 0 aromatic carbocycles. The van der Waals surface area contributed by atoms with Crippen LogP contribution in [0.1, 0.15) is 31.0 Å². The lowest BCUT2D eigenvalue weighted by Gasteiger charge is -2.34. The van der Waals surface area contributed by atoms with E-state index in [0.29, 0.717) is 17.1 Å². The van der Waals surface area contributed by atoms with E-state index in [1.807, 2.05) is 22.9 Å². The Morgan fingerprint density at radius 2 is 2.23 bits per heavy atom. The van der Waals surface area contributed by atoms with Crippen molar-refractivity contribution < 1.29 is 4.52 Å². The van der Waals surface area contributed by atoms with Crippen molar-refractivity contribution in [2.45, 2.75) is 31.3 Å². The van der Waals surface area contributed by atoms with Crippen molar-refractivity contribution in [2.75, 3.05) is 0 Å². The summed E-state index contributed by atoms with van der Waals surface area (Å²) in [6, 6.07) is 3.98. The number of fused-ring (bicyclic) bond motifs is 1. The number of nitrogens with two attached hydrogens (primary N) is 1. The van der Waals surface area contributed by atoms with E-state index < -0.39 is 5.54 Å². The van der Waals surface area contributed by atoms with Gasteiger partial charge < -0.3 is 10.3 Å². The monoisotopic (exact) mass is 385 g/mol. The van der Waals surface area contributed by atoms with Crippen LogP contribution in [0.3, 0.4) is 0 Å². The second kappa shape index (κ2) is 5.83. The van der Waals surface area contributed by atoms with Crippen LogP contribution in [-0.2, 0) is 12.1 Å². The quantitative estimate of drug-likeness (QED) is 0.580. The maximum Gasteiger partial charge on any atom is 0.263 e. The number of hydrogen-bond acceptors (Lipinski definition) is 8. The zero-order chi connectivity index (χ0) is 17.7. The van der Waals surface area contributed by atoms with Crippen LogP contribution in [-0.4, -0.2) is 19.7 Å². The SMILES string of the molecule is NC1(c2noc(Cn3cnc4scc(-c5cccs5)c4c3=O)n2)CCC1. The van der Waals surface area contributed by atoms with E-state index in [9.17, 15) is 4.79 Å². The first-order valence-corrected chi connectivity index (χ1v) is 10.0. The van der Waals surface area contributed by atoms with E-state index in [1.54, 1.807) is 11.3 Å². The molecule has 0 spiro atoms. The molecule has 1 saturated carbocycles. The first kappa shape index (κ1) is 15.9. The predicted octanol–water partition coefficient (Wildman–Crippen LogP) is 2.96. The summed E-state index contributed by atoms with van der Waals surface area (Å²) in [6.45, 7) is 0.185. The summed E-state index contributed by atoms with van der Waals surface area (Å²) in [5, 5.41) is 8.61. The van der Waals surface area contributed by atoms with E-state index in [1.165, 1.54) is 22.2 Å². The van der Waals surface area contributed by atoms with Gasteiger partial charge in [-0.25, -0.2) is 4.98 Å². The van der Waals surface area contributed by atoms with Gasteiger partial charge in [-0.1, -0.05) is 11.2 Å². The highest BCUT2D eigenvalue weighted by Gasteiger charge is 2.39. The minimum absolute atomic E-state index is 0.106. The Labute approximate surface area is 156 Å². The average molecular weight is 385 g/mol. The number of hydrogen-bond donors (Lipinski definition) is 1. The van der Waals surface area contributed by atoms with Crippen LogP contribution < -0.4 is 11.3 Å². The van der Waals surface area contributed by atoms with Crippen molar-refractivity contribution in [3.8, 4) is 10.4 Å². The van der Waals surface area contributed by atoms with Crippen molar-refractivity contribution in [3.05, 3.63) is 51.3 Å². The summed E-state index contributed by atoms with van der Waals surface area (Å²) in [7, 11) is 0. The van der Waals surface area contributed by atoms with Crippen LogP contribution in [0.4, 0.5) is 0 Å². The van der Waals surface area contributed by atoms with Crippen LogP contribution in [0.5, 0.6) is 0 Å². The third-order valence-corrected chi connectivity index (χ3v) is 6.60. The highest BCUT2D eigenvalue weighted by Crippen LogP contribution is 2.37. The van der Waals surface area contributed by atoms with E-state index >= 15 is 0 Å². The molecule has 26 heavy (non-hydrogen) atoms. The number of thiophene rings is 2. The molecule has 5 rings (SSSR count). The second-order valence-electron chi connectivity index (χ2n) is 6.51. The van der Waals surface area contributed by atoms with Crippen LogP contribution in [0.2, 0.25) is 0 Å². The Balaban J connectivity index is 1.53. The normalized spacial score (nSPS) is 16.0. The third kappa shape index (κ3) is 2.43. The Morgan fingerprint density at radius 3 is 2.96 bits per heavy atom. The molecule has 0 atom stereocenters. The first-order valence-electron chi connectivity index (χ1n) is 8.26. The molecule has 0 aliphatic heterocycles. The zero-order valence-corrected chi connectivity index (χ0v) is 15.3. The molecule has 1 fully saturated rings. The summed E-state index contributed by atoms with van der Waals surface area (Å²) in [5.74, 6) is 0.892. The molecule has 7 nitrogen and oxygen atoms in total. The van der Waals surface area contributed by atoms with Crippen molar-refractivity contribution in [1.82, 2.24) is 19.7 Å². The molecule has 4 aromatic rings. The molecular weight excluding hydrogens is 370 g/mol. The van der Waals surface area contributed by atoms with Gasteiger partial charge in [0.25, 0.3) is 5.56 Å². The lowest BCUT2D eigenvalue weighted by Crippen LogP contribution is -2.44. The summed E-state index contributed by atoms with van der Waals surface area (Å²) in [6.07, 6.45) is 4.33. The lowest BCUT2D eigenvalue weighted by atomic mass is 9.77. The van der Waals surface area contributed by atoms with Crippen LogP contribution >= 0.6 is 22.7 Å². The van der Waals surface area contributed by atoms with Gasteiger partial charge in [0.15, 0.2) is 5.82 Å². The van der Waals surface area contributed by atoms with E-state index in [2.05, 4.69) is 15.1 Å². The molecule has 0 radical (unpaired) electrons. The largest absolute Gasteiger partial charge is 0.337 e. The second-order valence-corrected chi connectivity index (χ2v) is 8.31. The van der Waals surface area contributed by atoms with Gasteiger partial charge in [0.05, 0.1) is 17.3 Å². The highest BCUT2D eigenvalue weighted by molar-refractivity contribution is 7.18. The van der Waals surface area contributed by atoms with Crippen LogP contribution in [0.25, 0.3) is 20.7 Å². The maximum absolute atomic E-state index is 13.0. The minimum atomic E-state index is -0.478.